The molecule has 1 saturated heterocycles. The molecule has 2 fully saturated rings. The second-order valence-corrected chi connectivity index (χ2v) is 6.46. The number of urea groups is 1. The molecule has 24 heavy (non-hydrogen) atoms. The number of hydrogen-bond acceptors (Lipinski definition) is 4. The number of aryl methyl sites for hydroxylation is 1. The normalized spacial score (nSPS) is 27.3. The van der Waals surface area contributed by atoms with Gasteiger partial charge in [-0.15, -0.1) is 0 Å². The SMILES string of the molecule is CO[C@@H]1CCC[C@H]1NC(=O)N[C@@H]1CCCN(c2ccn(C)n2)C1=O. The van der Waals surface area contributed by atoms with E-state index in [-0.39, 0.29) is 24.1 Å². The van der Waals surface area contributed by atoms with Gasteiger partial charge in [-0.3, -0.25) is 14.4 Å². The van der Waals surface area contributed by atoms with Gasteiger partial charge in [0.15, 0.2) is 5.82 Å². The number of nitrogens with one attached hydrogen (secondary N) is 2. The third kappa shape index (κ3) is 3.53. The zero-order valence-electron chi connectivity index (χ0n) is 14.2. The summed E-state index contributed by atoms with van der Waals surface area (Å²) in [6, 6.07) is 1.01. The Hall–Kier alpha value is -2.09. The third-order valence-electron chi connectivity index (χ3n) is 4.79. The molecule has 0 aromatic carbocycles. The molecule has 8 nitrogen and oxygen atoms in total. The lowest BCUT2D eigenvalue weighted by Gasteiger charge is -2.31. The number of carbonyl (C=O) groups is 2. The summed E-state index contributed by atoms with van der Waals surface area (Å²) in [5.74, 6) is 0.523. The number of hydrogen-bond donors (Lipinski definition) is 2. The summed E-state index contributed by atoms with van der Waals surface area (Å²) in [7, 11) is 3.48. The van der Waals surface area contributed by atoms with E-state index >= 15 is 0 Å². The fourth-order valence-corrected chi connectivity index (χ4v) is 3.52. The summed E-state index contributed by atoms with van der Waals surface area (Å²) < 4.78 is 7.05. The molecule has 3 amide bonds. The van der Waals surface area contributed by atoms with Crippen LogP contribution in [0.2, 0.25) is 0 Å². The smallest absolute Gasteiger partial charge is 0.315 e. The summed E-state index contributed by atoms with van der Waals surface area (Å²) >= 11 is 0. The fraction of sp³-hybridized carbons (Fsp3) is 0.688. The fourth-order valence-electron chi connectivity index (χ4n) is 3.52. The summed E-state index contributed by atoms with van der Waals surface area (Å²) in [6.45, 7) is 0.629. The van der Waals surface area contributed by atoms with Gasteiger partial charge < -0.3 is 15.4 Å². The number of methoxy groups -OCH3 is 1. The van der Waals surface area contributed by atoms with E-state index in [1.54, 1.807) is 22.9 Å². The van der Waals surface area contributed by atoms with E-state index in [4.69, 9.17) is 4.74 Å². The van der Waals surface area contributed by atoms with Gasteiger partial charge in [0.05, 0.1) is 12.1 Å². The summed E-state index contributed by atoms with van der Waals surface area (Å²) in [5, 5.41) is 10.0. The summed E-state index contributed by atoms with van der Waals surface area (Å²) in [4.78, 5) is 26.5. The highest BCUT2D eigenvalue weighted by Crippen LogP contribution is 2.22. The van der Waals surface area contributed by atoms with Crippen molar-refractivity contribution >= 4 is 17.8 Å². The molecular weight excluding hydrogens is 310 g/mol. The van der Waals surface area contributed by atoms with E-state index in [1.807, 2.05) is 13.1 Å². The second kappa shape index (κ2) is 7.21. The number of anilines is 1. The molecule has 0 unspecified atom stereocenters. The molecule has 2 heterocycles. The first-order valence-corrected chi connectivity index (χ1v) is 8.49. The Balaban J connectivity index is 1.58. The van der Waals surface area contributed by atoms with Crippen LogP contribution in [0.1, 0.15) is 32.1 Å². The van der Waals surface area contributed by atoms with Crippen LogP contribution >= 0.6 is 0 Å². The van der Waals surface area contributed by atoms with Crippen LogP contribution in [0.25, 0.3) is 0 Å². The lowest BCUT2D eigenvalue weighted by atomic mass is 10.0. The zero-order valence-corrected chi connectivity index (χ0v) is 14.2. The van der Waals surface area contributed by atoms with Crippen molar-refractivity contribution in [2.45, 2.75) is 50.3 Å². The van der Waals surface area contributed by atoms with Gasteiger partial charge >= 0.3 is 6.03 Å². The van der Waals surface area contributed by atoms with E-state index in [0.29, 0.717) is 18.8 Å². The van der Waals surface area contributed by atoms with Gasteiger partial charge in [-0.05, 0) is 32.1 Å². The van der Waals surface area contributed by atoms with Gasteiger partial charge in [-0.2, -0.15) is 5.10 Å². The van der Waals surface area contributed by atoms with Crippen LogP contribution in [-0.4, -0.2) is 53.6 Å². The standard InChI is InChI=1S/C16H25N5O3/c1-20-10-8-14(19-20)21-9-4-6-12(15(21)22)18-16(23)17-11-5-3-7-13(11)24-2/h8,10-13H,3-7,9H2,1-2H3,(H2,17,18,23)/t11-,12-,13-/m1/s1. The predicted octanol–water partition coefficient (Wildman–Crippen LogP) is 0.782. The minimum atomic E-state index is -0.511. The molecular formula is C16H25N5O3. The van der Waals surface area contributed by atoms with Crippen molar-refractivity contribution in [1.82, 2.24) is 20.4 Å². The Kier molecular flexibility index (Phi) is 5.03. The van der Waals surface area contributed by atoms with Gasteiger partial charge in [-0.25, -0.2) is 4.79 Å². The lowest BCUT2D eigenvalue weighted by molar-refractivity contribution is -0.121. The molecule has 2 N–H and O–H groups in total. The molecule has 1 aromatic rings. The number of aromatic nitrogens is 2. The highest BCUT2D eigenvalue weighted by molar-refractivity contribution is 5.99. The van der Waals surface area contributed by atoms with Crippen LogP contribution in [-0.2, 0) is 16.6 Å². The molecule has 0 spiro atoms. The molecule has 132 valence electrons. The van der Waals surface area contributed by atoms with Crippen molar-refractivity contribution in [1.29, 1.82) is 0 Å². The van der Waals surface area contributed by atoms with Gasteiger partial charge in [0.25, 0.3) is 5.91 Å². The summed E-state index contributed by atoms with van der Waals surface area (Å²) in [6.07, 6.45) is 6.24. The Labute approximate surface area is 141 Å². The maximum Gasteiger partial charge on any atom is 0.315 e. The van der Waals surface area contributed by atoms with E-state index in [9.17, 15) is 9.59 Å². The van der Waals surface area contributed by atoms with Crippen LogP contribution in [0.4, 0.5) is 10.6 Å². The number of amides is 3. The predicted molar refractivity (Wildman–Crippen MR) is 88.7 cm³/mol. The van der Waals surface area contributed by atoms with Gasteiger partial charge in [-0.1, -0.05) is 0 Å². The second-order valence-electron chi connectivity index (χ2n) is 6.46. The molecule has 0 radical (unpaired) electrons. The molecule has 1 saturated carbocycles. The maximum atomic E-state index is 12.6. The number of carbonyl (C=O) groups excluding carboxylic acids is 2. The minimum absolute atomic E-state index is 0.0144. The zero-order chi connectivity index (χ0) is 17.1. The monoisotopic (exact) mass is 335 g/mol. The van der Waals surface area contributed by atoms with Crippen molar-refractivity contribution < 1.29 is 14.3 Å². The molecule has 0 bridgehead atoms. The van der Waals surface area contributed by atoms with E-state index < -0.39 is 6.04 Å². The van der Waals surface area contributed by atoms with E-state index in [1.165, 1.54) is 0 Å². The third-order valence-corrected chi connectivity index (χ3v) is 4.79. The van der Waals surface area contributed by atoms with Crippen LogP contribution < -0.4 is 15.5 Å². The van der Waals surface area contributed by atoms with Crippen LogP contribution in [0.3, 0.4) is 0 Å². The summed E-state index contributed by atoms with van der Waals surface area (Å²) in [5.41, 5.74) is 0. The van der Waals surface area contributed by atoms with Crippen molar-refractivity contribution in [2.24, 2.45) is 7.05 Å². The largest absolute Gasteiger partial charge is 0.379 e. The van der Waals surface area contributed by atoms with Crippen molar-refractivity contribution in [3.63, 3.8) is 0 Å². The molecule has 3 atom stereocenters. The lowest BCUT2D eigenvalue weighted by Crippen LogP contribution is -2.56. The first-order chi connectivity index (χ1) is 11.6. The highest BCUT2D eigenvalue weighted by Gasteiger charge is 2.33. The van der Waals surface area contributed by atoms with Gasteiger partial charge in [0.1, 0.15) is 6.04 Å². The molecule has 3 rings (SSSR count). The Morgan fingerprint density at radius 1 is 1.29 bits per heavy atom. The molecule has 2 aliphatic rings. The topological polar surface area (TPSA) is 88.5 Å². The average Bonchev–Trinajstić information content (AvgIpc) is 3.18. The molecule has 1 aliphatic carbocycles. The van der Waals surface area contributed by atoms with Gasteiger partial charge in [0, 0.05) is 33.0 Å². The molecule has 1 aromatic heterocycles. The number of ether oxygens (including phenoxy) is 1. The number of nitrogens with zero attached hydrogens (tertiary/aromatic N) is 3. The van der Waals surface area contributed by atoms with Crippen LogP contribution in [0.5, 0.6) is 0 Å². The first kappa shape index (κ1) is 16.8. The van der Waals surface area contributed by atoms with E-state index in [2.05, 4.69) is 15.7 Å². The van der Waals surface area contributed by atoms with E-state index in [0.717, 1.165) is 25.7 Å². The molecule has 1 aliphatic heterocycles. The van der Waals surface area contributed by atoms with Crippen molar-refractivity contribution in [3.8, 4) is 0 Å². The Bertz CT molecular complexity index is 602. The number of rotatable bonds is 4. The number of piperidine rings is 1. The maximum absolute atomic E-state index is 12.6. The van der Waals surface area contributed by atoms with Crippen LogP contribution in [0.15, 0.2) is 12.3 Å². The van der Waals surface area contributed by atoms with Gasteiger partial charge in [0.2, 0.25) is 0 Å². The first-order valence-electron chi connectivity index (χ1n) is 8.49. The Morgan fingerprint density at radius 3 is 2.83 bits per heavy atom. The van der Waals surface area contributed by atoms with Crippen molar-refractivity contribution in [3.05, 3.63) is 12.3 Å². The quantitative estimate of drug-likeness (QED) is 0.851. The van der Waals surface area contributed by atoms with Crippen molar-refractivity contribution in [2.75, 3.05) is 18.6 Å². The minimum Gasteiger partial charge on any atom is -0.379 e. The molecule has 8 heteroatoms. The highest BCUT2D eigenvalue weighted by atomic mass is 16.5. The van der Waals surface area contributed by atoms with Crippen LogP contribution in [0, 0.1) is 0 Å². The Morgan fingerprint density at radius 2 is 2.12 bits per heavy atom. The average molecular weight is 335 g/mol.